The number of nitrogens with zero attached hydrogens (tertiary/aromatic N) is 2. The summed E-state index contributed by atoms with van der Waals surface area (Å²) < 4.78 is 4.54. The van der Waals surface area contributed by atoms with Gasteiger partial charge in [-0.1, -0.05) is 56.1 Å². The Kier molecular flexibility index (Phi) is 4.16. The van der Waals surface area contributed by atoms with Gasteiger partial charge < -0.3 is 0 Å². The van der Waals surface area contributed by atoms with Crippen molar-refractivity contribution < 1.29 is 0 Å². The maximum Gasteiger partial charge on any atom is 0.124 e. The SMILES string of the molecule is Brc1ccc2nc(-c3ccc(-c4nc5ccc(Br)cc5s4)cc3)sc2c1. The fourth-order valence-electron chi connectivity index (χ4n) is 2.80. The van der Waals surface area contributed by atoms with Crippen molar-refractivity contribution in [2.75, 3.05) is 0 Å². The van der Waals surface area contributed by atoms with Gasteiger partial charge in [-0.05, 0) is 36.4 Å². The Morgan fingerprint density at radius 3 is 1.42 bits per heavy atom. The highest BCUT2D eigenvalue weighted by Gasteiger charge is 2.10. The summed E-state index contributed by atoms with van der Waals surface area (Å²) in [6, 6.07) is 20.9. The van der Waals surface area contributed by atoms with Gasteiger partial charge in [-0.3, -0.25) is 0 Å². The molecular formula is C20H10Br2N2S2. The molecule has 2 nitrogen and oxygen atoms in total. The second-order valence-electron chi connectivity index (χ2n) is 5.84. The van der Waals surface area contributed by atoms with Crippen molar-refractivity contribution in [2.45, 2.75) is 0 Å². The van der Waals surface area contributed by atoms with Crippen LogP contribution in [0.2, 0.25) is 0 Å². The Labute approximate surface area is 174 Å². The van der Waals surface area contributed by atoms with E-state index in [1.54, 1.807) is 22.7 Å². The van der Waals surface area contributed by atoms with Crippen LogP contribution in [0.3, 0.4) is 0 Å². The molecule has 0 spiro atoms. The zero-order valence-corrected chi connectivity index (χ0v) is 18.0. The number of halogens is 2. The lowest BCUT2D eigenvalue weighted by Gasteiger charge is -1.98. The molecular weight excluding hydrogens is 492 g/mol. The Hall–Kier alpha value is -1.60. The van der Waals surface area contributed by atoms with Crippen LogP contribution in [-0.4, -0.2) is 9.97 Å². The Morgan fingerprint density at radius 2 is 1.00 bits per heavy atom. The average molecular weight is 502 g/mol. The molecule has 0 aliphatic heterocycles. The van der Waals surface area contributed by atoms with Gasteiger partial charge in [-0.25, -0.2) is 9.97 Å². The molecule has 0 fully saturated rings. The molecule has 0 amide bonds. The van der Waals surface area contributed by atoms with E-state index in [1.807, 2.05) is 24.3 Å². The van der Waals surface area contributed by atoms with Gasteiger partial charge >= 0.3 is 0 Å². The zero-order chi connectivity index (χ0) is 17.7. The number of hydrogen-bond donors (Lipinski definition) is 0. The van der Waals surface area contributed by atoms with Crippen molar-refractivity contribution in [3.8, 4) is 21.1 Å². The van der Waals surface area contributed by atoms with E-state index in [9.17, 15) is 0 Å². The quantitative estimate of drug-likeness (QED) is 0.247. The first-order valence-corrected chi connectivity index (χ1v) is 11.1. The number of hydrogen-bond acceptors (Lipinski definition) is 4. The minimum absolute atomic E-state index is 1.04. The second kappa shape index (κ2) is 6.53. The molecule has 0 saturated carbocycles. The molecule has 0 saturated heterocycles. The van der Waals surface area contributed by atoms with E-state index in [2.05, 4.69) is 68.3 Å². The number of thiazole rings is 2. The highest BCUT2D eigenvalue weighted by atomic mass is 79.9. The van der Waals surface area contributed by atoms with E-state index in [1.165, 1.54) is 9.40 Å². The third-order valence-electron chi connectivity index (χ3n) is 4.08. The van der Waals surface area contributed by atoms with Gasteiger partial charge in [0.25, 0.3) is 0 Å². The van der Waals surface area contributed by atoms with E-state index < -0.39 is 0 Å². The Morgan fingerprint density at radius 1 is 0.577 bits per heavy atom. The summed E-state index contributed by atoms with van der Waals surface area (Å²) in [6.45, 7) is 0. The molecule has 2 aromatic heterocycles. The van der Waals surface area contributed by atoms with Crippen LogP contribution in [0.15, 0.2) is 69.6 Å². The van der Waals surface area contributed by atoms with Crippen molar-refractivity contribution in [1.82, 2.24) is 9.97 Å². The molecule has 0 N–H and O–H groups in total. The molecule has 0 unspecified atom stereocenters. The predicted molar refractivity (Wildman–Crippen MR) is 119 cm³/mol. The maximum atomic E-state index is 4.75. The van der Waals surface area contributed by atoms with Gasteiger partial charge in [-0.2, -0.15) is 0 Å². The lowest BCUT2D eigenvalue weighted by Crippen LogP contribution is -1.79. The van der Waals surface area contributed by atoms with E-state index in [-0.39, 0.29) is 0 Å². The third kappa shape index (κ3) is 3.01. The van der Waals surface area contributed by atoms with Crippen molar-refractivity contribution in [1.29, 1.82) is 0 Å². The number of aromatic nitrogens is 2. The highest BCUT2D eigenvalue weighted by molar-refractivity contribution is 9.10. The van der Waals surface area contributed by atoms with Gasteiger partial charge in [0.2, 0.25) is 0 Å². The van der Waals surface area contributed by atoms with Crippen LogP contribution < -0.4 is 0 Å². The summed E-state index contributed by atoms with van der Waals surface area (Å²) in [5.74, 6) is 0. The molecule has 0 atom stereocenters. The standard InChI is InChI=1S/C20H10Br2N2S2/c21-13-5-7-15-17(9-13)25-19(23-15)11-1-2-12(4-3-11)20-24-16-8-6-14(22)10-18(16)26-20/h1-10H. The zero-order valence-electron chi connectivity index (χ0n) is 13.2. The van der Waals surface area contributed by atoms with Gasteiger partial charge in [0.15, 0.2) is 0 Å². The molecule has 2 heterocycles. The minimum Gasteiger partial charge on any atom is -0.236 e. The van der Waals surface area contributed by atoms with Crippen molar-refractivity contribution >= 4 is 75.0 Å². The first-order valence-electron chi connectivity index (χ1n) is 7.89. The fourth-order valence-corrected chi connectivity index (χ4v) is 5.85. The van der Waals surface area contributed by atoms with Crippen LogP contribution in [0.5, 0.6) is 0 Å². The van der Waals surface area contributed by atoms with Gasteiger partial charge in [0.1, 0.15) is 10.0 Å². The summed E-state index contributed by atoms with van der Waals surface area (Å²) in [4.78, 5) is 9.50. The van der Waals surface area contributed by atoms with Crippen molar-refractivity contribution in [3.05, 3.63) is 69.6 Å². The van der Waals surface area contributed by atoms with Crippen molar-refractivity contribution in [2.24, 2.45) is 0 Å². The van der Waals surface area contributed by atoms with E-state index in [0.717, 1.165) is 41.1 Å². The number of fused-ring (bicyclic) bond motifs is 2. The minimum atomic E-state index is 1.04. The van der Waals surface area contributed by atoms with Gasteiger partial charge in [-0.15, -0.1) is 22.7 Å². The van der Waals surface area contributed by atoms with Crippen molar-refractivity contribution in [3.63, 3.8) is 0 Å². The van der Waals surface area contributed by atoms with Crippen LogP contribution in [-0.2, 0) is 0 Å². The summed E-state index contributed by atoms with van der Waals surface area (Å²) in [6.07, 6.45) is 0. The average Bonchev–Trinajstić information content (AvgIpc) is 3.25. The lowest BCUT2D eigenvalue weighted by atomic mass is 10.1. The summed E-state index contributed by atoms with van der Waals surface area (Å²) in [5.41, 5.74) is 4.34. The molecule has 0 aliphatic carbocycles. The first kappa shape index (κ1) is 16.6. The highest BCUT2D eigenvalue weighted by Crippen LogP contribution is 2.35. The maximum absolute atomic E-state index is 4.75. The molecule has 126 valence electrons. The third-order valence-corrected chi connectivity index (χ3v) is 7.20. The van der Waals surface area contributed by atoms with Crippen LogP contribution in [0.25, 0.3) is 41.6 Å². The van der Waals surface area contributed by atoms with E-state index in [4.69, 9.17) is 9.97 Å². The molecule has 0 aliphatic rings. The lowest BCUT2D eigenvalue weighted by molar-refractivity contribution is 1.45. The molecule has 0 bridgehead atoms. The van der Waals surface area contributed by atoms with Crippen LogP contribution in [0.1, 0.15) is 0 Å². The monoisotopic (exact) mass is 500 g/mol. The van der Waals surface area contributed by atoms with Crippen LogP contribution in [0, 0.1) is 0 Å². The normalized spacial score (nSPS) is 11.5. The summed E-state index contributed by atoms with van der Waals surface area (Å²) in [7, 11) is 0. The largest absolute Gasteiger partial charge is 0.236 e. The molecule has 0 radical (unpaired) electrons. The Balaban J connectivity index is 1.52. The second-order valence-corrected chi connectivity index (χ2v) is 9.73. The predicted octanol–water partition coefficient (Wildman–Crippen LogP) is 7.77. The van der Waals surface area contributed by atoms with E-state index >= 15 is 0 Å². The smallest absolute Gasteiger partial charge is 0.124 e. The fraction of sp³-hybridized carbons (Fsp3) is 0. The van der Waals surface area contributed by atoms with Crippen LogP contribution in [0.4, 0.5) is 0 Å². The molecule has 5 aromatic rings. The molecule has 5 rings (SSSR count). The topological polar surface area (TPSA) is 25.8 Å². The molecule has 26 heavy (non-hydrogen) atoms. The Bertz CT molecular complexity index is 1160. The number of rotatable bonds is 2. The van der Waals surface area contributed by atoms with Gasteiger partial charge in [0, 0.05) is 20.1 Å². The summed E-state index contributed by atoms with van der Waals surface area (Å²) >= 11 is 10.5. The first-order chi connectivity index (χ1) is 12.7. The molecule has 3 aromatic carbocycles. The summed E-state index contributed by atoms with van der Waals surface area (Å²) in [5, 5.41) is 2.08. The van der Waals surface area contributed by atoms with Crippen LogP contribution >= 0.6 is 54.5 Å². The number of benzene rings is 3. The van der Waals surface area contributed by atoms with E-state index in [0.29, 0.717) is 0 Å². The molecule has 6 heteroatoms. The van der Waals surface area contributed by atoms with Gasteiger partial charge in [0.05, 0.1) is 20.4 Å².